The fraction of sp³-hybridized carbons (Fsp3) is 0.100. The minimum atomic E-state index is -0.324. The molecule has 0 saturated heterocycles. The number of hydrogen-bond acceptors (Lipinski definition) is 4. The van der Waals surface area contributed by atoms with Gasteiger partial charge >= 0.3 is 0 Å². The van der Waals surface area contributed by atoms with Crippen LogP contribution in [0.3, 0.4) is 0 Å². The van der Waals surface area contributed by atoms with Gasteiger partial charge in [0.05, 0.1) is 22.1 Å². The maximum absolute atomic E-state index is 10.1. The van der Waals surface area contributed by atoms with Gasteiger partial charge in [0.15, 0.2) is 0 Å². The van der Waals surface area contributed by atoms with E-state index in [4.69, 9.17) is 46.4 Å². The first-order valence-corrected chi connectivity index (χ1v) is 9.63. The number of hydrogen-bond donors (Lipinski definition) is 2. The molecule has 0 heterocycles. The first-order chi connectivity index (χ1) is 13.3. The van der Waals surface area contributed by atoms with Gasteiger partial charge < -0.3 is 10.2 Å². The summed E-state index contributed by atoms with van der Waals surface area (Å²) in [6, 6.07) is 5.40. The second-order valence-corrected chi connectivity index (χ2v) is 7.65. The number of phenolic OH excluding ortho intramolecular Hbond substituents is 2. The summed E-state index contributed by atoms with van der Waals surface area (Å²) in [4.78, 5) is 8.96. The molecule has 2 atom stereocenters. The molecule has 0 radical (unpaired) electrons. The number of aromatic hydroxyl groups is 2. The molecule has 2 aromatic rings. The number of rotatable bonds is 4. The predicted molar refractivity (Wildman–Crippen MR) is 117 cm³/mol. The first kappa shape index (κ1) is 20.7. The topological polar surface area (TPSA) is 65.2 Å². The molecule has 8 heteroatoms. The predicted octanol–water partition coefficient (Wildman–Crippen LogP) is 6.11. The van der Waals surface area contributed by atoms with Crippen molar-refractivity contribution in [2.24, 2.45) is 9.98 Å². The van der Waals surface area contributed by atoms with E-state index in [2.05, 4.69) is 9.98 Å². The van der Waals surface area contributed by atoms with Crippen molar-refractivity contribution in [2.45, 2.75) is 12.1 Å². The third kappa shape index (κ3) is 4.89. The lowest BCUT2D eigenvalue weighted by atomic mass is 10.0. The van der Waals surface area contributed by atoms with Crippen molar-refractivity contribution in [3.05, 3.63) is 79.8 Å². The molecule has 2 unspecified atom stereocenters. The maximum Gasteiger partial charge on any atom is 0.143 e. The first-order valence-electron chi connectivity index (χ1n) is 8.12. The molecule has 0 fully saturated rings. The van der Waals surface area contributed by atoms with Gasteiger partial charge in [-0.25, -0.2) is 0 Å². The maximum atomic E-state index is 10.1. The Hall–Kier alpha value is -1.98. The molecule has 1 aliphatic rings. The monoisotopic (exact) mass is 454 g/mol. The molecule has 3 rings (SSSR count). The van der Waals surface area contributed by atoms with Crippen LogP contribution in [0, 0.1) is 0 Å². The van der Waals surface area contributed by atoms with Crippen LogP contribution in [0.25, 0.3) is 0 Å². The van der Waals surface area contributed by atoms with Crippen LogP contribution in [0.4, 0.5) is 0 Å². The molecule has 0 aromatic heterocycles. The third-order valence-corrected chi connectivity index (χ3v) is 4.98. The number of allylic oxidation sites excluding steroid dienone is 2. The van der Waals surface area contributed by atoms with Crippen LogP contribution in [0.1, 0.15) is 11.1 Å². The van der Waals surface area contributed by atoms with Gasteiger partial charge in [0.25, 0.3) is 0 Å². The zero-order chi connectivity index (χ0) is 20.3. The normalized spacial score (nSPS) is 19.1. The average Bonchev–Trinajstić information content (AvgIpc) is 2.65. The zero-order valence-electron chi connectivity index (χ0n) is 14.2. The highest BCUT2D eigenvalue weighted by molar-refractivity contribution is 6.36. The molecule has 28 heavy (non-hydrogen) atoms. The van der Waals surface area contributed by atoms with Crippen molar-refractivity contribution in [1.29, 1.82) is 0 Å². The second kappa shape index (κ2) is 9.01. The van der Waals surface area contributed by atoms with Gasteiger partial charge in [-0.15, -0.1) is 0 Å². The Kier molecular flexibility index (Phi) is 6.68. The summed E-state index contributed by atoms with van der Waals surface area (Å²) in [5, 5.41) is 21.2. The molecular weight excluding hydrogens is 442 g/mol. The summed E-state index contributed by atoms with van der Waals surface area (Å²) in [7, 11) is 0. The van der Waals surface area contributed by atoms with E-state index >= 15 is 0 Å². The van der Waals surface area contributed by atoms with Gasteiger partial charge in [-0.3, -0.25) is 9.98 Å². The minimum Gasteiger partial charge on any atom is -0.506 e. The summed E-state index contributed by atoms with van der Waals surface area (Å²) in [6.07, 6.45) is 10.4. The van der Waals surface area contributed by atoms with Crippen molar-refractivity contribution in [2.75, 3.05) is 0 Å². The van der Waals surface area contributed by atoms with E-state index in [0.29, 0.717) is 21.2 Å². The second-order valence-electron chi connectivity index (χ2n) is 5.96. The summed E-state index contributed by atoms with van der Waals surface area (Å²) < 4.78 is 0. The molecule has 4 nitrogen and oxygen atoms in total. The van der Waals surface area contributed by atoms with Gasteiger partial charge in [0.2, 0.25) is 0 Å². The van der Waals surface area contributed by atoms with Crippen molar-refractivity contribution >= 4 is 58.8 Å². The Labute approximate surface area is 182 Å². The van der Waals surface area contributed by atoms with Crippen LogP contribution in [0.15, 0.2) is 58.6 Å². The fourth-order valence-corrected chi connectivity index (χ4v) is 3.58. The van der Waals surface area contributed by atoms with Crippen LogP contribution < -0.4 is 0 Å². The molecule has 1 aliphatic carbocycles. The lowest BCUT2D eigenvalue weighted by Crippen LogP contribution is -2.20. The number of benzene rings is 2. The standard InChI is InChI=1S/C20H14Cl4N2O2/c21-13-5-11(19(27)15(23)7-13)9-25-17-3-1-2-4-18(17)26-10-12-6-14(22)8-16(24)20(12)28/h1-10,17-18,27-28H. The summed E-state index contributed by atoms with van der Waals surface area (Å²) in [6.45, 7) is 0. The summed E-state index contributed by atoms with van der Waals surface area (Å²) in [5.74, 6) is -0.188. The van der Waals surface area contributed by atoms with Gasteiger partial charge in [-0.1, -0.05) is 70.7 Å². The van der Waals surface area contributed by atoms with Gasteiger partial charge in [-0.2, -0.15) is 0 Å². The molecule has 0 bridgehead atoms. The van der Waals surface area contributed by atoms with E-state index in [-0.39, 0.29) is 33.6 Å². The van der Waals surface area contributed by atoms with Crippen molar-refractivity contribution < 1.29 is 10.2 Å². The zero-order valence-corrected chi connectivity index (χ0v) is 17.3. The lowest BCUT2D eigenvalue weighted by Gasteiger charge is -2.17. The highest BCUT2D eigenvalue weighted by Crippen LogP contribution is 2.31. The number of aliphatic imine (C=N–C) groups is 2. The molecule has 2 aromatic carbocycles. The van der Waals surface area contributed by atoms with E-state index in [0.717, 1.165) is 0 Å². The van der Waals surface area contributed by atoms with Crippen LogP contribution in [0.2, 0.25) is 20.1 Å². The Balaban J connectivity index is 1.84. The Morgan fingerprint density at radius 1 is 0.679 bits per heavy atom. The molecule has 144 valence electrons. The van der Waals surface area contributed by atoms with Crippen LogP contribution in [-0.4, -0.2) is 34.7 Å². The van der Waals surface area contributed by atoms with E-state index in [1.54, 1.807) is 12.1 Å². The molecule has 0 aliphatic heterocycles. The Morgan fingerprint density at radius 3 is 1.46 bits per heavy atom. The smallest absolute Gasteiger partial charge is 0.143 e. The molecule has 0 spiro atoms. The van der Waals surface area contributed by atoms with Gasteiger partial charge in [-0.05, 0) is 24.3 Å². The van der Waals surface area contributed by atoms with Crippen molar-refractivity contribution in [3.63, 3.8) is 0 Å². The van der Waals surface area contributed by atoms with Gasteiger partial charge in [0.1, 0.15) is 11.5 Å². The van der Waals surface area contributed by atoms with Crippen molar-refractivity contribution in [1.82, 2.24) is 0 Å². The highest BCUT2D eigenvalue weighted by Gasteiger charge is 2.17. The quantitative estimate of drug-likeness (QED) is 0.546. The molecule has 2 N–H and O–H groups in total. The van der Waals surface area contributed by atoms with E-state index < -0.39 is 0 Å². The SMILES string of the molecule is Oc1c(Cl)cc(Cl)cc1C=NC1C=CC=CC1N=Cc1cc(Cl)cc(Cl)c1O. The molecule has 0 amide bonds. The van der Waals surface area contributed by atoms with Crippen LogP contribution in [-0.2, 0) is 0 Å². The minimum absolute atomic E-state index is 0.0938. The van der Waals surface area contributed by atoms with E-state index in [1.165, 1.54) is 24.6 Å². The fourth-order valence-electron chi connectivity index (χ4n) is 2.56. The van der Waals surface area contributed by atoms with Crippen molar-refractivity contribution in [3.8, 4) is 11.5 Å². The summed E-state index contributed by atoms with van der Waals surface area (Å²) in [5.41, 5.74) is 0.810. The molecular formula is C20H14Cl4N2O2. The summed E-state index contributed by atoms with van der Waals surface area (Å²) >= 11 is 23.8. The van der Waals surface area contributed by atoms with E-state index in [1.807, 2.05) is 24.3 Å². The third-order valence-electron chi connectivity index (χ3n) is 3.96. The highest BCUT2D eigenvalue weighted by atomic mass is 35.5. The van der Waals surface area contributed by atoms with E-state index in [9.17, 15) is 10.2 Å². The molecule has 0 saturated carbocycles. The lowest BCUT2D eigenvalue weighted by molar-refractivity contribution is 0.474. The number of nitrogens with zero attached hydrogens (tertiary/aromatic N) is 2. The number of phenols is 2. The van der Waals surface area contributed by atoms with Crippen LogP contribution >= 0.6 is 46.4 Å². The average molecular weight is 456 g/mol. The van der Waals surface area contributed by atoms with Gasteiger partial charge in [0, 0.05) is 33.6 Å². The Bertz CT molecular complexity index is 934. The Morgan fingerprint density at radius 2 is 1.07 bits per heavy atom. The largest absolute Gasteiger partial charge is 0.506 e. The van der Waals surface area contributed by atoms with Crippen LogP contribution in [0.5, 0.6) is 11.5 Å². The number of halogens is 4.